The highest BCUT2D eigenvalue weighted by Crippen LogP contribution is 2.14. The van der Waals surface area contributed by atoms with Crippen molar-refractivity contribution in [2.75, 3.05) is 39.5 Å². The van der Waals surface area contributed by atoms with Crippen LogP contribution in [0.15, 0.2) is 35.3 Å². The molecule has 0 aliphatic heterocycles. The predicted octanol–water partition coefficient (Wildman–Crippen LogP) is 3.21. The first-order chi connectivity index (χ1) is 11.5. The van der Waals surface area contributed by atoms with Crippen LogP contribution in [-0.2, 0) is 4.74 Å². The number of nitrogens with one attached hydrogen (secondary N) is 2. The summed E-state index contributed by atoms with van der Waals surface area (Å²) in [6.07, 6.45) is -3.86. The molecule has 0 radical (unpaired) electrons. The summed E-state index contributed by atoms with van der Waals surface area (Å²) in [6.45, 7) is 2.85. The molecule has 1 aromatic carbocycles. The fraction of sp³-hybridized carbons (Fsp3) is 0.562. The maximum atomic E-state index is 11.9. The minimum Gasteiger partial charge on any atom is -0.492 e. The third kappa shape index (κ3) is 13.7. The maximum absolute atomic E-state index is 11.9. The number of aliphatic imine (C=N–C) groups is 1. The molecule has 1 rings (SSSR count). The quantitative estimate of drug-likeness (QED) is 0.236. The molecule has 2 N–H and O–H groups in total. The normalized spacial score (nSPS) is 11.6. The molecule has 0 saturated carbocycles. The van der Waals surface area contributed by atoms with Gasteiger partial charge in [0.05, 0.1) is 6.54 Å². The highest BCUT2D eigenvalue weighted by atomic mass is 127. The van der Waals surface area contributed by atoms with Crippen molar-refractivity contribution in [2.24, 2.45) is 4.99 Å². The first-order valence-corrected chi connectivity index (χ1v) is 7.86. The van der Waals surface area contributed by atoms with Gasteiger partial charge in [-0.1, -0.05) is 18.2 Å². The lowest BCUT2D eigenvalue weighted by Crippen LogP contribution is -2.39. The summed E-state index contributed by atoms with van der Waals surface area (Å²) in [5.41, 5.74) is 0. The monoisotopic (exact) mass is 475 g/mol. The minimum absolute atomic E-state index is 0. The van der Waals surface area contributed by atoms with Gasteiger partial charge in [0.2, 0.25) is 0 Å². The van der Waals surface area contributed by atoms with Gasteiger partial charge in [0.25, 0.3) is 0 Å². The van der Waals surface area contributed by atoms with E-state index < -0.39 is 12.8 Å². The number of ether oxygens (including phenoxy) is 2. The third-order valence-corrected chi connectivity index (χ3v) is 2.73. The van der Waals surface area contributed by atoms with Crippen molar-refractivity contribution in [3.8, 4) is 5.75 Å². The molecule has 1 aromatic rings. The second kappa shape index (κ2) is 14.0. The smallest absolute Gasteiger partial charge is 0.411 e. The zero-order valence-electron chi connectivity index (χ0n) is 14.1. The molecule has 0 aliphatic rings. The van der Waals surface area contributed by atoms with Crippen molar-refractivity contribution in [1.82, 2.24) is 10.6 Å². The third-order valence-electron chi connectivity index (χ3n) is 2.73. The van der Waals surface area contributed by atoms with Crippen molar-refractivity contribution >= 4 is 29.9 Å². The van der Waals surface area contributed by atoms with Crippen molar-refractivity contribution in [3.63, 3.8) is 0 Å². The Hall–Kier alpha value is -1.23. The number of para-hydroxylation sites is 1. The second-order valence-electron chi connectivity index (χ2n) is 4.87. The van der Waals surface area contributed by atoms with Gasteiger partial charge >= 0.3 is 6.18 Å². The second-order valence-corrected chi connectivity index (χ2v) is 4.87. The first kappa shape index (κ1) is 23.8. The highest BCUT2D eigenvalue weighted by Gasteiger charge is 2.27. The lowest BCUT2D eigenvalue weighted by atomic mass is 10.3. The van der Waals surface area contributed by atoms with Crippen LogP contribution in [0.4, 0.5) is 13.2 Å². The van der Waals surface area contributed by atoms with E-state index >= 15 is 0 Å². The Morgan fingerprint density at radius 3 is 2.48 bits per heavy atom. The predicted molar refractivity (Wildman–Crippen MR) is 103 cm³/mol. The van der Waals surface area contributed by atoms with E-state index in [1.807, 2.05) is 37.3 Å². The molecule has 0 unspecified atom stereocenters. The van der Waals surface area contributed by atoms with Crippen LogP contribution in [0.5, 0.6) is 5.75 Å². The Morgan fingerprint density at radius 2 is 1.84 bits per heavy atom. The Labute approximate surface area is 163 Å². The number of rotatable bonds is 10. The van der Waals surface area contributed by atoms with Gasteiger partial charge in [0.1, 0.15) is 19.0 Å². The zero-order chi connectivity index (χ0) is 17.7. The fourth-order valence-electron chi connectivity index (χ4n) is 1.74. The molecule has 5 nitrogen and oxygen atoms in total. The molecule has 0 spiro atoms. The molecular formula is C16H25F3IN3O2. The van der Waals surface area contributed by atoms with Gasteiger partial charge in [-0.25, -0.2) is 0 Å². The van der Waals surface area contributed by atoms with Crippen molar-refractivity contribution in [3.05, 3.63) is 30.3 Å². The molecular weight excluding hydrogens is 450 g/mol. The van der Waals surface area contributed by atoms with Crippen LogP contribution in [0.1, 0.15) is 13.3 Å². The Morgan fingerprint density at radius 1 is 1.12 bits per heavy atom. The van der Waals surface area contributed by atoms with Gasteiger partial charge in [-0.3, -0.25) is 4.99 Å². The Bertz CT molecular complexity index is 473. The average Bonchev–Trinajstić information content (AvgIpc) is 2.54. The summed E-state index contributed by atoms with van der Waals surface area (Å²) in [5, 5.41) is 6.16. The number of benzene rings is 1. The molecule has 0 bridgehead atoms. The molecule has 0 atom stereocenters. The minimum atomic E-state index is -4.28. The average molecular weight is 475 g/mol. The van der Waals surface area contributed by atoms with Crippen LogP contribution < -0.4 is 15.4 Å². The highest BCUT2D eigenvalue weighted by molar-refractivity contribution is 14.0. The zero-order valence-corrected chi connectivity index (χ0v) is 16.5. The molecule has 0 aliphatic carbocycles. The molecule has 0 heterocycles. The molecule has 25 heavy (non-hydrogen) atoms. The topological polar surface area (TPSA) is 54.9 Å². The molecule has 0 fully saturated rings. The maximum Gasteiger partial charge on any atom is 0.411 e. The molecule has 9 heteroatoms. The van der Waals surface area contributed by atoms with Crippen LogP contribution in [0.3, 0.4) is 0 Å². The molecule has 0 saturated heterocycles. The van der Waals surface area contributed by atoms with E-state index in [0.717, 1.165) is 5.75 Å². The summed E-state index contributed by atoms with van der Waals surface area (Å²) in [4.78, 5) is 4.27. The van der Waals surface area contributed by atoms with Crippen LogP contribution in [0, 0.1) is 0 Å². The lowest BCUT2D eigenvalue weighted by molar-refractivity contribution is -0.173. The van der Waals surface area contributed by atoms with Gasteiger partial charge in [-0.15, -0.1) is 24.0 Å². The van der Waals surface area contributed by atoms with E-state index in [1.54, 1.807) is 0 Å². The molecule has 144 valence electrons. The molecule has 0 amide bonds. The summed E-state index contributed by atoms with van der Waals surface area (Å²) in [6, 6.07) is 9.46. The number of hydrogen-bond acceptors (Lipinski definition) is 3. The lowest BCUT2D eigenvalue weighted by Gasteiger charge is -2.12. The Kier molecular flexibility index (Phi) is 13.3. The first-order valence-electron chi connectivity index (χ1n) is 7.86. The van der Waals surface area contributed by atoms with Crippen molar-refractivity contribution < 1.29 is 22.6 Å². The summed E-state index contributed by atoms with van der Waals surface area (Å²) < 4.78 is 45.8. The number of alkyl halides is 3. The standard InChI is InChI=1S/C16H24F3N3O2.HI/c1-2-20-15(21-9-6-11-23-13-16(17,18)19)22-10-12-24-14-7-4-3-5-8-14;/h3-5,7-8H,2,6,9-13H2,1H3,(H2,20,21,22);1H. The van der Waals surface area contributed by atoms with Crippen molar-refractivity contribution in [1.29, 1.82) is 0 Å². The van der Waals surface area contributed by atoms with E-state index in [-0.39, 0.29) is 30.6 Å². The van der Waals surface area contributed by atoms with Gasteiger partial charge in [0, 0.05) is 19.7 Å². The van der Waals surface area contributed by atoms with Gasteiger partial charge < -0.3 is 20.1 Å². The number of hydrogen-bond donors (Lipinski definition) is 2. The van der Waals surface area contributed by atoms with Crippen LogP contribution >= 0.6 is 24.0 Å². The van der Waals surface area contributed by atoms with Gasteiger partial charge in [-0.05, 0) is 25.5 Å². The SMILES string of the molecule is CCNC(=NCCCOCC(F)(F)F)NCCOc1ccccc1.I. The van der Waals surface area contributed by atoms with E-state index in [4.69, 9.17) is 4.74 Å². The van der Waals surface area contributed by atoms with E-state index in [2.05, 4.69) is 20.4 Å². The van der Waals surface area contributed by atoms with Gasteiger partial charge in [0.15, 0.2) is 5.96 Å². The largest absolute Gasteiger partial charge is 0.492 e. The van der Waals surface area contributed by atoms with Crippen LogP contribution in [0.25, 0.3) is 0 Å². The number of nitrogens with zero attached hydrogens (tertiary/aromatic N) is 1. The van der Waals surface area contributed by atoms with E-state index in [9.17, 15) is 13.2 Å². The van der Waals surface area contributed by atoms with E-state index in [1.165, 1.54) is 0 Å². The summed E-state index contributed by atoms with van der Waals surface area (Å²) >= 11 is 0. The Balaban J connectivity index is 0.00000576. The summed E-state index contributed by atoms with van der Waals surface area (Å²) in [7, 11) is 0. The number of halogens is 4. The fourth-order valence-corrected chi connectivity index (χ4v) is 1.74. The van der Waals surface area contributed by atoms with Crippen LogP contribution in [-0.4, -0.2) is 51.6 Å². The van der Waals surface area contributed by atoms with E-state index in [0.29, 0.717) is 38.6 Å². The van der Waals surface area contributed by atoms with Gasteiger partial charge in [-0.2, -0.15) is 13.2 Å². The number of guanidine groups is 1. The summed E-state index contributed by atoms with van der Waals surface area (Å²) in [5.74, 6) is 1.40. The molecule has 0 aromatic heterocycles. The van der Waals surface area contributed by atoms with Crippen molar-refractivity contribution in [2.45, 2.75) is 19.5 Å². The van der Waals surface area contributed by atoms with Crippen LogP contribution in [0.2, 0.25) is 0 Å².